The Hall–Kier alpha value is -0.850. The largest absolute Gasteiger partial charge is 0.416 e. The van der Waals surface area contributed by atoms with E-state index in [1.807, 2.05) is 0 Å². The maximum Gasteiger partial charge on any atom is 0.416 e. The van der Waals surface area contributed by atoms with Crippen LogP contribution in [0.4, 0.5) is 17.6 Å². The van der Waals surface area contributed by atoms with Crippen molar-refractivity contribution >= 4 is 11.6 Å². The van der Waals surface area contributed by atoms with Gasteiger partial charge in [-0.1, -0.05) is 31.9 Å². The van der Waals surface area contributed by atoms with Crippen molar-refractivity contribution in [3.05, 3.63) is 34.1 Å². The van der Waals surface area contributed by atoms with Crippen molar-refractivity contribution in [3.63, 3.8) is 0 Å². The van der Waals surface area contributed by atoms with Crippen LogP contribution < -0.4 is 5.73 Å². The van der Waals surface area contributed by atoms with E-state index in [0.29, 0.717) is 12.5 Å². The van der Waals surface area contributed by atoms with Crippen LogP contribution in [0.3, 0.4) is 0 Å². The van der Waals surface area contributed by atoms with Gasteiger partial charge in [0.1, 0.15) is 5.82 Å². The summed E-state index contributed by atoms with van der Waals surface area (Å²) in [7, 11) is 0. The lowest BCUT2D eigenvalue weighted by atomic mass is 9.88. The Morgan fingerprint density at radius 2 is 1.90 bits per heavy atom. The Morgan fingerprint density at radius 3 is 2.35 bits per heavy atom. The minimum absolute atomic E-state index is 0.371. The Labute approximate surface area is 119 Å². The van der Waals surface area contributed by atoms with Crippen molar-refractivity contribution < 1.29 is 22.7 Å². The van der Waals surface area contributed by atoms with E-state index in [2.05, 4.69) is 0 Å². The van der Waals surface area contributed by atoms with E-state index < -0.39 is 40.3 Å². The van der Waals surface area contributed by atoms with Crippen molar-refractivity contribution in [1.82, 2.24) is 0 Å². The molecule has 0 saturated heterocycles. The van der Waals surface area contributed by atoms with E-state index in [-0.39, 0.29) is 5.92 Å². The predicted molar refractivity (Wildman–Crippen MR) is 68.8 cm³/mol. The molecule has 0 bridgehead atoms. The van der Waals surface area contributed by atoms with Gasteiger partial charge in [0.25, 0.3) is 0 Å². The molecular weight excluding hydrogens is 298 g/mol. The minimum Gasteiger partial charge on any atom is -0.391 e. The zero-order chi connectivity index (χ0) is 15.7. The first kappa shape index (κ1) is 17.2. The maximum absolute atomic E-state index is 13.9. The first-order valence-corrected chi connectivity index (χ1v) is 6.47. The van der Waals surface area contributed by atoms with Gasteiger partial charge in [-0.3, -0.25) is 0 Å². The molecule has 1 unspecified atom stereocenters. The second kappa shape index (κ2) is 6.28. The fraction of sp³-hybridized carbons (Fsp3) is 0.538. The van der Waals surface area contributed by atoms with Crippen molar-refractivity contribution in [2.75, 3.05) is 0 Å². The molecule has 0 heterocycles. The number of hydrogen-bond acceptors (Lipinski definition) is 2. The van der Waals surface area contributed by atoms with Gasteiger partial charge in [0, 0.05) is 5.56 Å². The molecule has 20 heavy (non-hydrogen) atoms. The SMILES string of the molecule is CCC(C)[C@@H](O)[C@@H](N)c1c(C(F)(F)F)ccc(Cl)c1F. The zero-order valence-corrected chi connectivity index (χ0v) is 11.8. The number of aliphatic hydroxyl groups excluding tert-OH is 1. The highest BCUT2D eigenvalue weighted by Gasteiger charge is 2.39. The van der Waals surface area contributed by atoms with Crippen LogP contribution in [-0.4, -0.2) is 11.2 Å². The Bertz CT molecular complexity index is 478. The van der Waals surface area contributed by atoms with Crippen molar-refractivity contribution in [3.8, 4) is 0 Å². The molecule has 0 aliphatic heterocycles. The highest BCUT2D eigenvalue weighted by molar-refractivity contribution is 6.30. The number of alkyl halides is 3. The van der Waals surface area contributed by atoms with Crippen LogP contribution >= 0.6 is 11.6 Å². The first-order chi connectivity index (χ1) is 9.11. The summed E-state index contributed by atoms with van der Waals surface area (Å²) in [5.41, 5.74) is 3.63. The maximum atomic E-state index is 13.9. The van der Waals surface area contributed by atoms with E-state index in [4.69, 9.17) is 17.3 Å². The van der Waals surface area contributed by atoms with E-state index in [1.54, 1.807) is 13.8 Å². The van der Waals surface area contributed by atoms with Crippen LogP contribution in [0.25, 0.3) is 0 Å². The fourth-order valence-electron chi connectivity index (χ4n) is 1.91. The van der Waals surface area contributed by atoms with E-state index in [1.165, 1.54) is 0 Å². The fourth-order valence-corrected chi connectivity index (χ4v) is 2.07. The lowest BCUT2D eigenvalue weighted by molar-refractivity contribution is -0.139. The van der Waals surface area contributed by atoms with Crippen LogP contribution in [-0.2, 0) is 6.18 Å². The average molecular weight is 314 g/mol. The van der Waals surface area contributed by atoms with Gasteiger partial charge in [-0.25, -0.2) is 4.39 Å². The molecule has 0 aliphatic rings. The Kier molecular flexibility index (Phi) is 5.40. The van der Waals surface area contributed by atoms with Crippen molar-refractivity contribution in [2.24, 2.45) is 11.7 Å². The molecular formula is C13H16ClF4NO. The molecule has 0 radical (unpaired) electrons. The molecule has 7 heteroatoms. The molecule has 1 rings (SSSR count). The number of hydrogen-bond donors (Lipinski definition) is 2. The summed E-state index contributed by atoms with van der Waals surface area (Å²) in [5.74, 6) is -1.61. The summed E-state index contributed by atoms with van der Waals surface area (Å²) < 4.78 is 52.7. The highest BCUT2D eigenvalue weighted by Crippen LogP contribution is 2.39. The van der Waals surface area contributed by atoms with Gasteiger partial charge < -0.3 is 10.8 Å². The van der Waals surface area contributed by atoms with Crippen LogP contribution in [0.1, 0.15) is 37.4 Å². The summed E-state index contributed by atoms with van der Waals surface area (Å²) in [4.78, 5) is 0. The molecule has 1 aromatic rings. The van der Waals surface area contributed by atoms with E-state index >= 15 is 0 Å². The number of aliphatic hydroxyl groups is 1. The molecule has 2 nitrogen and oxygen atoms in total. The molecule has 3 N–H and O–H groups in total. The van der Waals surface area contributed by atoms with Crippen LogP contribution in [0, 0.1) is 11.7 Å². The second-order valence-electron chi connectivity index (χ2n) is 4.72. The topological polar surface area (TPSA) is 46.2 Å². The van der Waals surface area contributed by atoms with Crippen LogP contribution in [0.2, 0.25) is 5.02 Å². The van der Waals surface area contributed by atoms with Gasteiger partial charge >= 0.3 is 6.18 Å². The standard InChI is InChI=1S/C13H16ClF4NO/c1-3-6(2)12(20)11(19)9-7(13(16,17)18)4-5-8(14)10(9)15/h4-6,11-12,20H,3,19H2,1-2H3/t6?,11-,12+/m0/s1. The molecule has 0 fully saturated rings. The van der Waals surface area contributed by atoms with Gasteiger partial charge in [0.15, 0.2) is 0 Å². The molecule has 0 spiro atoms. The third-order valence-electron chi connectivity index (χ3n) is 3.37. The minimum atomic E-state index is -4.77. The van der Waals surface area contributed by atoms with Gasteiger partial charge in [-0.2, -0.15) is 13.2 Å². The first-order valence-electron chi connectivity index (χ1n) is 6.10. The summed E-state index contributed by atoms with van der Waals surface area (Å²) in [6.07, 6.45) is -5.57. The van der Waals surface area contributed by atoms with E-state index in [0.717, 1.165) is 6.07 Å². The summed E-state index contributed by atoms with van der Waals surface area (Å²) in [5, 5.41) is 9.48. The molecule has 0 saturated carbocycles. The van der Waals surface area contributed by atoms with Gasteiger partial charge in [0.05, 0.1) is 22.7 Å². The summed E-state index contributed by atoms with van der Waals surface area (Å²) >= 11 is 5.52. The number of halogens is 5. The monoisotopic (exact) mass is 313 g/mol. The quantitative estimate of drug-likeness (QED) is 0.828. The Morgan fingerprint density at radius 1 is 1.35 bits per heavy atom. The van der Waals surface area contributed by atoms with Gasteiger partial charge in [-0.05, 0) is 18.1 Å². The molecule has 1 aromatic carbocycles. The number of rotatable bonds is 4. The molecule has 0 amide bonds. The lowest BCUT2D eigenvalue weighted by Gasteiger charge is -2.27. The van der Waals surface area contributed by atoms with Crippen molar-refractivity contribution in [2.45, 2.75) is 38.6 Å². The van der Waals surface area contributed by atoms with Gasteiger partial charge in [-0.15, -0.1) is 0 Å². The van der Waals surface area contributed by atoms with Crippen LogP contribution in [0.15, 0.2) is 12.1 Å². The van der Waals surface area contributed by atoms with Gasteiger partial charge in [0.2, 0.25) is 0 Å². The predicted octanol–water partition coefficient (Wildman–Crippen LogP) is 3.90. The van der Waals surface area contributed by atoms with E-state index in [9.17, 15) is 22.7 Å². The highest BCUT2D eigenvalue weighted by atomic mass is 35.5. The number of nitrogens with two attached hydrogens (primary N) is 1. The summed E-state index contributed by atoms with van der Waals surface area (Å²) in [6, 6.07) is -0.00421. The normalized spacial score (nSPS) is 16.9. The smallest absolute Gasteiger partial charge is 0.391 e. The third-order valence-corrected chi connectivity index (χ3v) is 3.66. The molecule has 114 valence electrons. The number of benzene rings is 1. The molecule has 0 aliphatic carbocycles. The summed E-state index contributed by atoms with van der Waals surface area (Å²) in [6.45, 7) is 3.37. The second-order valence-corrected chi connectivity index (χ2v) is 5.13. The molecule has 3 atom stereocenters. The van der Waals surface area contributed by atoms with Crippen LogP contribution in [0.5, 0.6) is 0 Å². The third kappa shape index (κ3) is 3.42. The lowest BCUT2D eigenvalue weighted by Crippen LogP contribution is -2.34. The molecule has 0 aromatic heterocycles. The zero-order valence-electron chi connectivity index (χ0n) is 11.0. The Balaban J connectivity index is 3.38. The van der Waals surface area contributed by atoms with Crippen molar-refractivity contribution in [1.29, 1.82) is 0 Å². The average Bonchev–Trinajstić information content (AvgIpc) is 2.37.